The van der Waals surface area contributed by atoms with Gasteiger partial charge in [-0.3, -0.25) is 9.89 Å². The normalized spacial score (nSPS) is 18.2. The molecule has 3 heterocycles. The molecule has 1 aliphatic rings. The molecule has 2 N–H and O–H groups in total. The van der Waals surface area contributed by atoms with Crippen molar-refractivity contribution >= 4 is 28.6 Å². The van der Waals surface area contributed by atoms with Crippen LogP contribution in [0.25, 0.3) is 0 Å². The van der Waals surface area contributed by atoms with Gasteiger partial charge in [-0.25, -0.2) is 0 Å². The smallest absolute Gasteiger partial charge is 0.191 e. The largest absolute Gasteiger partial charge is 0.354 e. The maximum atomic E-state index is 4.38. The van der Waals surface area contributed by atoms with E-state index in [2.05, 4.69) is 62.5 Å². The summed E-state index contributed by atoms with van der Waals surface area (Å²) >= 11 is 3.62. The number of likely N-dealkylation sites (tertiary alicyclic amines) is 1. The van der Waals surface area contributed by atoms with Crippen LogP contribution in [0.15, 0.2) is 40.0 Å². The molecule has 3 rings (SSSR count). The summed E-state index contributed by atoms with van der Waals surface area (Å²) in [7, 11) is 1.84. The minimum atomic E-state index is 0.424. The van der Waals surface area contributed by atoms with E-state index in [0.29, 0.717) is 6.04 Å². The first-order chi connectivity index (χ1) is 12.3. The zero-order valence-corrected chi connectivity index (χ0v) is 16.7. The summed E-state index contributed by atoms with van der Waals surface area (Å²) in [5.74, 6) is 1.73. The molecule has 1 unspecified atom stereocenters. The van der Waals surface area contributed by atoms with Gasteiger partial charge >= 0.3 is 0 Å². The molecule has 1 aliphatic heterocycles. The highest BCUT2D eigenvalue weighted by Crippen LogP contribution is 2.29. The van der Waals surface area contributed by atoms with Gasteiger partial charge in [0.1, 0.15) is 0 Å². The summed E-state index contributed by atoms with van der Waals surface area (Å²) < 4.78 is 0. The number of guanidine groups is 1. The molecular formula is C19H28N4S2. The van der Waals surface area contributed by atoms with Crippen LogP contribution in [0.2, 0.25) is 0 Å². The Balaban J connectivity index is 1.57. The highest BCUT2D eigenvalue weighted by molar-refractivity contribution is 7.10. The van der Waals surface area contributed by atoms with E-state index in [9.17, 15) is 0 Å². The first-order valence-electron chi connectivity index (χ1n) is 9.00. The fraction of sp³-hybridized carbons (Fsp3) is 0.526. The standard InChI is InChI=1S/C19H28N4S2/c1-15-7-9-23(10-8-15)17(18-6-4-12-25-18)14-22-19(20-2)21-13-16-5-3-11-24-16/h3-6,11-12,15,17H,7-10,13-14H2,1-2H3,(H2,20,21,22). The van der Waals surface area contributed by atoms with Gasteiger partial charge in [-0.2, -0.15) is 0 Å². The molecule has 0 amide bonds. The first-order valence-corrected chi connectivity index (χ1v) is 10.8. The summed E-state index contributed by atoms with van der Waals surface area (Å²) in [5, 5.41) is 11.2. The number of rotatable bonds is 6. The van der Waals surface area contributed by atoms with E-state index < -0.39 is 0 Å². The molecule has 4 nitrogen and oxygen atoms in total. The van der Waals surface area contributed by atoms with Crippen LogP contribution in [0.5, 0.6) is 0 Å². The van der Waals surface area contributed by atoms with Crippen LogP contribution in [0.4, 0.5) is 0 Å². The molecular weight excluding hydrogens is 348 g/mol. The van der Waals surface area contributed by atoms with E-state index in [0.717, 1.165) is 25.0 Å². The molecule has 2 aromatic heterocycles. The number of nitrogens with one attached hydrogen (secondary N) is 2. The molecule has 6 heteroatoms. The van der Waals surface area contributed by atoms with Gasteiger partial charge in [-0.15, -0.1) is 22.7 Å². The van der Waals surface area contributed by atoms with Crippen LogP contribution in [0.3, 0.4) is 0 Å². The topological polar surface area (TPSA) is 39.7 Å². The van der Waals surface area contributed by atoms with Crippen molar-refractivity contribution in [3.8, 4) is 0 Å². The molecule has 0 spiro atoms. The lowest BCUT2D eigenvalue weighted by Gasteiger charge is -2.36. The SMILES string of the molecule is CN=C(NCc1cccs1)NCC(c1cccs1)N1CCC(C)CC1. The summed E-state index contributed by atoms with van der Waals surface area (Å²) in [6.07, 6.45) is 2.60. The number of aliphatic imine (C=N–C) groups is 1. The number of nitrogens with zero attached hydrogens (tertiary/aromatic N) is 2. The van der Waals surface area contributed by atoms with Crippen molar-refractivity contribution in [3.63, 3.8) is 0 Å². The average molecular weight is 377 g/mol. The van der Waals surface area contributed by atoms with Gasteiger partial charge in [-0.05, 0) is 54.7 Å². The molecule has 0 radical (unpaired) electrons. The lowest BCUT2D eigenvalue weighted by Crippen LogP contribution is -2.44. The van der Waals surface area contributed by atoms with Gasteiger partial charge in [0.15, 0.2) is 5.96 Å². The van der Waals surface area contributed by atoms with Crippen molar-refractivity contribution in [2.24, 2.45) is 10.9 Å². The zero-order chi connectivity index (χ0) is 17.5. The van der Waals surface area contributed by atoms with E-state index in [1.54, 1.807) is 11.3 Å². The van der Waals surface area contributed by atoms with Crippen molar-refractivity contribution in [2.45, 2.75) is 32.4 Å². The van der Waals surface area contributed by atoms with Crippen LogP contribution in [0, 0.1) is 5.92 Å². The van der Waals surface area contributed by atoms with E-state index in [1.165, 1.54) is 35.7 Å². The minimum Gasteiger partial charge on any atom is -0.354 e. The summed E-state index contributed by atoms with van der Waals surface area (Å²) in [6, 6.07) is 9.07. The summed E-state index contributed by atoms with van der Waals surface area (Å²) in [6.45, 7) is 6.45. The Kier molecular flexibility index (Phi) is 6.90. The molecule has 1 atom stereocenters. The predicted octanol–water partition coefficient (Wildman–Crippen LogP) is 3.95. The Bertz CT molecular complexity index is 628. The van der Waals surface area contributed by atoms with Gasteiger partial charge in [0, 0.05) is 23.3 Å². The minimum absolute atomic E-state index is 0.424. The number of thiophene rings is 2. The van der Waals surface area contributed by atoms with E-state index >= 15 is 0 Å². The molecule has 0 bridgehead atoms. The van der Waals surface area contributed by atoms with E-state index in [-0.39, 0.29) is 0 Å². The van der Waals surface area contributed by atoms with Crippen molar-refractivity contribution < 1.29 is 0 Å². The highest BCUT2D eigenvalue weighted by atomic mass is 32.1. The average Bonchev–Trinajstić information content (AvgIpc) is 3.33. The Labute approximate surface area is 159 Å². The third-order valence-electron chi connectivity index (χ3n) is 4.83. The zero-order valence-electron chi connectivity index (χ0n) is 15.1. The monoisotopic (exact) mass is 376 g/mol. The van der Waals surface area contributed by atoms with Crippen LogP contribution in [-0.4, -0.2) is 37.5 Å². The third kappa shape index (κ3) is 5.30. The second kappa shape index (κ2) is 9.36. The maximum Gasteiger partial charge on any atom is 0.191 e. The van der Waals surface area contributed by atoms with Gasteiger partial charge in [0.05, 0.1) is 12.6 Å². The Morgan fingerprint density at radius 1 is 1.20 bits per heavy atom. The number of hydrogen-bond acceptors (Lipinski definition) is 4. The molecule has 136 valence electrons. The van der Waals surface area contributed by atoms with Gasteiger partial charge in [0.2, 0.25) is 0 Å². The van der Waals surface area contributed by atoms with Crippen molar-refractivity contribution in [1.82, 2.24) is 15.5 Å². The molecule has 25 heavy (non-hydrogen) atoms. The maximum absolute atomic E-state index is 4.38. The molecule has 0 aliphatic carbocycles. The number of piperidine rings is 1. The van der Waals surface area contributed by atoms with Gasteiger partial charge in [-0.1, -0.05) is 19.1 Å². The quantitative estimate of drug-likeness (QED) is 0.592. The molecule has 1 saturated heterocycles. The Morgan fingerprint density at radius 3 is 2.60 bits per heavy atom. The van der Waals surface area contributed by atoms with E-state index in [1.807, 2.05) is 18.4 Å². The lowest BCUT2D eigenvalue weighted by atomic mass is 9.97. The van der Waals surface area contributed by atoms with Crippen LogP contribution >= 0.6 is 22.7 Å². The van der Waals surface area contributed by atoms with Gasteiger partial charge in [0.25, 0.3) is 0 Å². The summed E-state index contributed by atoms with van der Waals surface area (Å²) in [5.41, 5.74) is 0. The van der Waals surface area contributed by atoms with Crippen molar-refractivity contribution in [2.75, 3.05) is 26.7 Å². The van der Waals surface area contributed by atoms with E-state index in [4.69, 9.17) is 0 Å². The Morgan fingerprint density at radius 2 is 1.96 bits per heavy atom. The molecule has 2 aromatic rings. The molecule has 0 aromatic carbocycles. The number of hydrogen-bond donors (Lipinski definition) is 2. The van der Waals surface area contributed by atoms with Crippen molar-refractivity contribution in [1.29, 1.82) is 0 Å². The fourth-order valence-electron chi connectivity index (χ4n) is 3.23. The van der Waals surface area contributed by atoms with Crippen LogP contribution < -0.4 is 10.6 Å². The highest BCUT2D eigenvalue weighted by Gasteiger charge is 2.25. The van der Waals surface area contributed by atoms with Crippen LogP contribution in [-0.2, 0) is 6.54 Å². The molecule has 1 fully saturated rings. The van der Waals surface area contributed by atoms with Crippen LogP contribution in [0.1, 0.15) is 35.6 Å². The third-order valence-corrected chi connectivity index (χ3v) is 6.68. The molecule has 0 saturated carbocycles. The Hall–Kier alpha value is -1.37. The van der Waals surface area contributed by atoms with Gasteiger partial charge < -0.3 is 10.6 Å². The predicted molar refractivity (Wildman–Crippen MR) is 110 cm³/mol. The first kappa shape index (κ1) is 18.4. The van der Waals surface area contributed by atoms with Crippen molar-refractivity contribution in [3.05, 3.63) is 44.8 Å². The summed E-state index contributed by atoms with van der Waals surface area (Å²) in [4.78, 5) is 9.77. The lowest BCUT2D eigenvalue weighted by molar-refractivity contribution is 0.140. The second-order valence-corrected chi connectivity index (χ2v) is 8.65. The second-order valence-electron chi connectivity index (χ2n) is 6.64. The fourth-order valence-corrected chi connectivity index (χ4v) is 4.73.